The summed E-state index contributed by atoms with van der Waals surface area (Å²) in [5.41, 5.74) is 3.69. The second-order valence-electron chi connectivity index (χ2n) is 7.96. The molecule has 8 nitrogen and oxygen atoms in total. The molecule has 4 aromatic rings. The Morgan fingerprint density at radius 3 is 2.59 bits per heavy atom. The van der Waals surface area contributed by atoms with Gasteiger partial charge in [0.1, 0.15) is 11.6 Å². The number of nitrogens with zero attached hydrogens (tertiary/aromatic N) is 4. The van der Waals surface area contributed by atoms with E-state index >= 15 is 0 Å². The number of amides is 2. The van der Waals surface area contributed by atoms with Gasteiger partial charge in [0.25, 0.3) is 5.91 Å². The molecule has 34 heavy (non-hydrogen) atoms. The van der Waals surface area contributed by atoms with E-state index in [9.17, 15) is 9.59 Å². The molecule has 1 unspecified atom stereocenters. The number of likely N-dealkylation sites (N-methyl/N-ethyl adjacent to an activating group) is 1. The van der Waals surface area contributed by atoms with E-state index < -0.39 is 6.04 Å². The number of aromatic nitrogens is 2. The largest absolute Gasteiger partial charge is 0.436 e. The van der Waals surface area contributed by atoms with Crippen molar-refractivity contribution in [3.63, 3.8) is 0 Å². The normalized spacial score (nSPS) is 15.9. The summed E-state index contributed by atoms with van der Waals surface area (Å²) >= 11 is 5.44. The Balaban J connectivity index is 1.27. The fourth-order valence-corrected chi connectivity index (χ4v) is 4.18. The van der Waals surface area contributed by atoms with Gasteiger partial charge in [-0.1, -0.05) is 18.2 Å². The maximum atomic E-state index is 12.8. The lowest BCUT2D eigenvalue weighted by molar-refractivity contribution is -0.130. The SMILES string of the molecule is CN1C(=O)C(CC(=O)Nc2ccc(-c3nc4ccccc4o3)cc2)N(Cc2ccccn2)C1=S. The maximum absolute atomic E-state index is 12.8. The van der Waals surface area contributed by atoms with Gasteiger partial charge in [-0.2, -0.15) is 0 Å². The number of pyridine rings is 1. The molecule has 1 fully saturated rings. The zero-order valence-electron chi connectivity index (χ0n) is 18.3. The number of fused-ring (bicyclic) bond motifs is 1. The number of benzene rings is 2. The van der Waals surface area contributed by atoms with Crippen LogP contribution in [0.2, 0.25) is 0 Å². The molecule has 170 valence electrons. The Hall–Kier alpha value is -4.11. The number of hydrogen-bond donors (Lipinski definition) is 1. The number of carbonyl (C=O) groups excluding carboxylic acids is 2. The first-order chi connectivity index (χ1) is 16.5. The van der Waals surface area contributed by atoms with Crippen LogP contribution < -0.4 is 5.32 Å². The molecule has 1 atom stereocenters. The summed E-state index contributed by atoms with van der Waals surface area (Å²) in [7, 11) is 1.62. The highest BCUT2D eigenvalue weighted by Gasteiger charge is 2.41. The van der Waals surface area contributed by atoms with Crippen molar-refractivity contribution in [3.8, 4) is 11.5 Å². The average molecular weight is 472 g/mol. The number of anilines is 1. The average Bonchev–Trinajstić information content (AvgIpc) is 3.37. The first kappa shape index (κ1) is 21.7. The molecule has 3 heterocycles. The third-order valence-electron chi connectivity index (χ3n) is 5.67. The van der Waals surface area contributed by atoms with Crippen LogP contribution in [-0.4, -0.2) is 49.8 Å². The zero-order chi connectivity index (χ0) is 23.7. The number of oxazole rings is 1. The Bertz CT molecular complexity index is 1340. The molecule has 0 spiro atoms. The van der Waals surface area contributed by atoms with Crippen molar-refractivity contribution >= 4 is 45.9 Å². The van der Waals surface area contributed by atoms with Gasteiger partial charge in [0.15, 0.2) is 10.7 Å². The van der Waals surface area contributed by atoms with Gasteiger partial charge in [0.2, 0.25) is 11.8 Å². The van der Waals surface area contributed by atoms with Crippen LogP contribution >= 0.6 is 12.2 Å². The quantitative estimate of drug-likeness (QED) is 0.427. The van der Waals surface area contributed by atoms with Crippen molar-refractivity contribution in [2.45, 2.75) is 19.0 Å². The number of thiocarbonyl (C=S) groups is 1. The van der Waals surface area contributed by atoms with Crippen molar-refractivity contribution in [2.75, 3.05) is 12.4 Å². The lowest BCUT2D eigenvalue weighted by Crippen LogP contribution is -2.37. The van der Waals surface area contributed by atoms with E-state index in [-0.39, 0.29) is 18.2 Å². The number of carbonyl (C=O) groups is 2. The molecule has 1 saturated heterocycles. The first-order valence-corrected chi connectivity index (χ1v) is 11.1. The number of nitrogens with one attached hydrogen (secondary N) is 1. The fraction of sp³-hybridized carbons (Fsp3) is 0.160. The molecule has 1 aliphatic heterocycles. The van der Waals surface area contributed by atoms with Gasteiger partial charge in [-0.15, -0.1) is 0 Å². The van der Waals surface area contributed by atoms with Gasteiger partial charge in [0.05, 0.1) is 18.7 Å². The number of hydrogen-bond acceptors (Lipinski definition) is 6. The van der Waals surface area contributed by atoms with Crippen molar-refractivity contribution < 1.29 is 14.0 Å². The molecule has 0 bridgehead atoms. The van der Waals surface area contributed by atoms with Crippen LogP contribution in [0.1, 0.15) is 12.1 Å². The summed E-state index contributed by atoms with van der Waals surface area (Å²) in [6.07, 6.45) is 1.66. The standard InChI is InChI=1S/C25H21N5O3S/c1-29-24(32)20(30(25(29)34)15-18-6-4-5-13-26-18)14-22(31)27-17-11-9-16(10-12-17)23-28-19-7-2-3-8-21(19)33-23/h2-13,20H,14-15H2,1H3,(H,27,31). The summed E-state index contributed by atoms with van der Waals surface area (Å²) in [6.45, 7) is 0.354. The van der Waals surface area contributed by atoms with Crippen LogP contribution in [0.4, 0.5) is 5.69 Å². The molecule has 0 aliphatic carbocycles. The van der Waals surface area contributed by atoms with E-state index in [2.05, 4.69) is 15.3 Å². The molecule has 1 N–H and O–H groups in total. The van der Waals surface area contributed by atoms with Gasteiger partial charge in [-0.3, -0.25) is 19.5 Å². The first-order valence-electron chi connectivity index (χ1n) is 10.7. The highest BCUT2D eigenvalue weighted by Crippen LogP contribution is 2.26. The maximum Gasteiger partial charge on any atom is 0.251 e. The molecule has 0 radical (unpaired) electrons. The number of rotatable bonds is 6. The van der Waals surface area contributed by atoms with Crippen molar-refractivity contribution in [3.05, 3.63) is 78.6 Å². The topological polar surface area (TPSA) is 91.6 Å². The Morgan fingerprint density at radius 2 is 1.85 bits per heavy atom. The minimum Gasteiger partial charge on any atom is -0.436 e. The van der Waals surface area contributed by atoms with Crippen LogP contribution in [0, 0.1) is 0 Å². The Morgan fingerprint density at radius 1 is 1.09 bits per heavy atom. The molecule has 9 heteroatoms. The van der Waals surface area contributed by atoms with Crippen LogP contribution in [0.25, 0.3) is 22.6 Å². The van der Waals surface area contributed by atoms with E-state index in [1.165, 1.54) is 4.90 Å². The highest BCUT2D eigenvalue weighted by molar-refractivity contribution is 7.80. The molecular formula is C25H21N5O3S. The second kappa shape index (κ2) is 9.03. The van der Waals surface area contributed by atoms with E-state index in [4.69, 9.17) is 16.6 Å². The summed E-state index contributed by atoms with van der Waals surface area (Å²) in [6, 6.07) is 19.7. The lowest BCUT2D eigenvalue weighted by atomic mass is 10.1. The molecule has 2 amide bonds. The van der Waals surface area contributed by atoms with E-state index in [0.29, 0.717) is 28.8 Å². The monoisotopic (exact) mass is 471 g/mol. The third kappa shape index (κ3) is 4.25. The van der Waals surface area contributed by atoms with Crippen LogP contribution in [0.5, 0.6) is 0 Å². The summed E-state index contributed by atoms with van der Waals surface area (Å²) in [4.78, 5) is 37.5. The van der Waals surface area contributed by atoms with E-state index in [1.807, 2.05) is 54.6 Å². The van der Waals surface area contributed by atoms with Gasteiger partial charge in [-0.05, 0) is 60.7 Å². The molecule has 5 rings (SSSR count). The van der Waals surface area contributed by atoms with E-state index in [1.54, 1.807) is 30.3 Å². The zero-order valence-corrected chi connectivity index (χ0v) is 19.2. The van der Waals surface area contributed by atoms with Crippen molar-refractivity contribution in [1.82, 2.24) is 19.8 Å². The molecular weight excluding hydrogens is 450 g/mol. The van der Waals surface area contributed by atoms with Crippen LogP contribution in [0.15, 0.2) is 77.3 Å². The third-order valence-corrected chi connectivity index (χ3v) is 6.18. The minimum absolute atomic E-state index is 0.0248. The molecule has 0 saturated carbocycles. The van der Waals surface area contributed by atoms with Crippen LogP contribution in [-0.2, 0) is 16.1 Å². The summed E-state index contributed by atoms with van der Waals surface area (Å²) in [5.74, 6) is 0.0248. The predicted molar refractivity (Wildman–Crippen MR) is 132 cm³/mol. The Kier molecular flexibility index (Phi) is 5.77. The van der Waals surface area contributed by atoms with E-state index in [0.717, 1.165) is 16.8 Å². The van der Waals surface area contributed by atoms with Gasteiger partial charge in [-0.25, -0.2) is 4.98 Å². The van der Waals surface area contributed by atoms with Gasteiger partial charge < -0.3 is 14.6 Å². The molecule has 2 aromatic heterocycles. The van der Waals surface area contributed by atoms with Gasteiger partial charge >= 0.3 is 0 Å². The lowest BCUT2D eigenvalue weighted by Gasteiger charge is -2.23. The fourth-order valence-electron chi connectivity index (χ4n) is 3.90. The molecule has 2 aromatic carbocycles. The summed E-state index contributed by atoms with van der Waals surface area (Å²) in [5, 5.41) is 3.25. The smallest absolute Gasteiger partial charge is 0.251 e. The van der Waals surface area contributed by atoms with Crippen LogP contribution in [0.3, 0.4) is 0 Å². The predicted octanol–water partition coefficient (Wildman–Crippen LogP) is 3.85. The van der Waals surface area contributed by atoms with Gasteiger partial charge in [0, 0.05) is 24.5 Å². The Labute approximate surface area is 201 Å². The van der Waals surface area contributed by atoms with Crippen molar-refractivity contribution in [1.29, 1.82) is 0 Å². The summed E-state index contributed by atoms with van der Waals surface area (Å²) < 4.78 is 5.79. The molecule has 1 aliphatic rings. The highest BCUT2D eigenvalue weighted by atomic mass is 32.1. The minimum atomic E-state index is -0.682. The second-order valence-corrected chi connectivity index (χ2v) is 8.33. The van der Waals surface area contributed by atoms with Crippen molar-refractivity contribution in [2.24, 2.45) is 0 Å². The number of para-hydroxylation sites is 2.